The van der Waals surface area contributed by atoms with Gasteiger partial charge in [0.2, 0.25) is 11.8 Å². The summed E-state index contributed by atoms with van der Waals surface area (Å²) in [4.78, 5) is 25.6. The van der Waals surface area contributed by atoms with Crippen molar-refractivity contribution < 1.29 is 14.0 Å². The first-order chi connectivity index (χ1) is 12.4. The van der Waals surface area contributed by atoms with E-state index in [0.29, 0.717) is 10.0 Å². The second-order valence-corrected chi connectivity index (χ2v) is 6.67. The molecule has 0 radical (unpaired) electrons. The van der Waals surface area contributed by atoms with E-state index in [2.05, 4.69) is 21.2 Å². The number of nitrogens with one attached hydrogen (secondary N) is 1. The van der Waals surface area contributed by atoms with Crippen molar-refractivity contribution in [3.05, 3.63) is 70.0 Å². The van der Waals surface area contributed by atoms with E-state index in [1.807, 2.05) is 31.2 Å². The molecule has 6 heteroatoms. The van der Waals surface area contributed by atoms with Gasteiger partial charge in [-0.15, -0.1) is 0 Å². The molecule has 0 aliphatic rings. The lowest BCUT2D eigenvalue weighted by molar-refractivity contribution is -0.129. The number of benzene rings is 2. The molecular weight excluding hydrogens is 399 g/mol. The molecule has 0 fully saturated rings. The Kier molecular flexibility index (Phi) is 7.09. The minimum Gasteiger partial charge on any atom is -0.333 e. The Hall–Kier alpha value is -2.47. The van der Waals surface area contributed by atoms with E-state index in [1.165, 1.54) is 30.2 Å². The van der Waals surface area contributed by atoms with Crippen molar-refractivity contribution in [1.29, 1.82) is 0 Å². The number of likely N-dealkylation sites (N-methyl/N-ethyl adjacent to an activating group) is 1. The first-order valence-electron chi connectivity index (χ1n) is 8.16. The van der Waals surface area contributed by atoms with Gasteiger partial charge in [-0.05, 0) is 42.3 Å². The number of halogens is 2. The van der Waals surface area contributed by atoms with Gasteiger partial charge in [0, 0.05) is 28.8 Å². The highest BCUT2D eigenvalue weighted by Crippen LogP contribution is 2.17. The zero-order valence-corrected chi connectivity index (χ0v) is 16.2. The minimum absolute atomic E-state index is 0.0951. The maximum atomic E-state index is 13.7. The van der Waals surface area contributed by atoms with Crippen molar-refractivity contribution in [3.8, 4) is 0 Å². The number of amides is 2. The monoisotopic (exact) mass is 418 g/mol. The van der Waals surface area contributed by atoms with Crippen molar-refractivity contribution in [2.75, 3.05) is 18.9 Å². The summed E-state index contributed by atoms with van der Waals surface area (Å²) in [5.41, 5.74) is 2.06. The summed E-state index contributed by atoms with van der Waals surface area (Å²) in [6.07, 6.45) is 3.44. The summed E-state index contributed by atoms with van der Waals surface area (Å²) in [7, 11) is 1.52. The number of aryl methyl sites for hydroxylation is 1. The molecule has 2 amide bonds. The summed E-state index contributed by atoms with van der Waals surface area (Å²) < 4.78 is 14.4. The van der Waals surface area contributed by atoms with Crippen LogP contribution in [0.3, 0.4) is 0 Å². The lowest BCUT2D eigenvalue weighted by Gasteiger charge is -2.16. The van der Waals surface area contributed by atoms with E-state index in [9.17, 15) is 14.0 Å². The smallest absolute Gasteiger partial charge is 0.246 e. The lowest BCUT2D eigenvalue weighted by Crippen LogP contribution is -2.34. The Morgan fingerprint density at radius 3 is 2.69 bits per heavy atom. The molecule has 2 aromatic rings. The third-order valence-corrected chi connectivity index (χ3v) is 4.29. The molecule has 0 atom stereocenters. The van der Waals surface area contributed by atoms with Gasteiger partial charge >= 0.3 is 0 Å². The Morgan fingerprint density at radius 1 is 1.23 bits per heavy atom. The van der Waals surface area contributed by atoms with Crippen LogP contribution in [-0.4, -0.2) is 30.3 Å². The highest BCUT2D eigenvalue weighted by molar-refractivity contribution is 9.10. The van der Waals surface area contributed by atoms with E-state index < -0.39 is 5.82 Å². The van der Waals surface area contributed by atoms with Crippen LogP contribution in [0.15, 0.2) is 53.0 Å². The topological polar surface area (TPSA) is 49.4 Å². The number of anilines is 1. The van der Waals surface area contributed by atoms with Crippen LogP contribution in [0.4, 0.5) is 10.1 Å². The van der Waals surface area contributed by atoms with Gasteiger partial charge in [0.1, 0.15) is 5.82 Å². The molecule has 26 heavy (non-hydrogen) atoms. The number of nitrogens with zero attached hydrogens (tertiary/aromatic N) is 1. The van der Waals surface area contributed by atoms with Gasteiger partial charge in [-0.1, -0.05) is 41.1 Å². The van der Waals surface area contributed by atoms with E-state index in [4.69, 9.17) is 0 Å². The molecule has 0 aliphatic heterocycles. The molecule has 136 valence electrons. The zero-order chi connectivity index (χ0) is 19.1. The Morgan fingerprint density at radius 2 is 1.96 bits per heavy atom. The summed E-state index contributed by atoms with van der Waals surface area (Å²) in [6, 6.07) is 12.0. The predicted octanol–water partition coefficient (Wildman–Crippen LogP) is 4.26. The van der Waals surface area contributed by atoms with Gasteiger partial charge in [0.05, 0.1) is 6.54 Å². The molecule has 0 unspecified atom stereocenters. The van der Waals surface area contributed by atoms with E-state index in [0.717, 1.165) is 17.7 Å². The number of para-hydroxylation sites is 1. The highest BCUT2D eigenvalue weighted by atomic mass is 79.9. The molecule has 0 aromatic heterocycles. The van der Waals surface area contributed by atoms with Crippen molar-refractivity contribution in [1.82, 2.24) is 4.90 Å². The standard InChI is InChI=1S/C20H20BrFN2O2/c1-3-14-6-4-5-7-18(14)23-19(25)13-24(2)20(26)11-8-15-12-16(21)9-10-17(15)22/h4-12H,3,13H2,1-2H3,(H,23,25)/b11-8+. The van der Waals surface area contributed by atoms with Crippen molar-refractivity contribution >= 4 is 39.5 Å². The fourth-order valence-electron chi connectivity index (χ4n) is 2.36. The molecule has 0 saturated carbocycles. The third-order valence-electron chi connectivity index (χ3n) is 3.79. The Balaban J connectivity index is 1.97. The molecule has 1 N–H and O–H groups in total. The molecule has 2 rings (SSSR count). The Bertz CT molecular complexity index is 836. The van der Waals surface area contributed by atoms with Crippen LogP contribution in [0.25, 0.3) is 6.08 Å². The van der Waals surface area contributed by atoms with Crippen LogP contribution < -0.4 is 5.32 Å². The summed E-state index contributed by atoms with van der Waals surface area (Å²) >= 11 is 3.26. The largest absolute Gasteiger partial charge is 0.333 e. The number of carbonyl (C=O) groups is 2. The number of hydrogen-bond acceptors (Lipinski definition) is 2. The second kappa shape index (κ2) is 9.29. The van der Waals surface area contributed by atoms with Gasteiger partial charge in [-0.2, -0.15) is 0 Å². The number of rotatable bonds is 6. The third kappa shape index (κ3) is 5.52. The summed E-state index contributed by atoms with van der Waals surface area (Å²) in [5, 5.41) is 2.81. The number of hydrogen-bond donors (Lipinski definition) is 1. The molecule has 0 aliphatic carbocycles. The number of carbonyl (C=O) groups excluding carboxylic acids is 2. The lowest BCUT2D eigenvalue weighted by atomic mass is 10.1. The Labute approximate surface area is 160 Å². The van der Waals surface area contributed by atoms with Gasteiger partial charge in [-0.3, -0.25) is 9.59 Å². The van der Waals surface area contributed by atoms with Crippen LogP contribution in [-0.2, 0) is 16.0 Å². The highest BCUT2D eigenvalue weighted by Gasteiger charge is 2.12. The van der Waals surface area contributed by atoms with E-state index >= 15 is 0 Å². The van der Waals surface area contributed by atoms with E-state index in [1.54, 1.807) is 12.1 Å². The van der Waals surface area contributed by atoms with Crippen LogP contribution in [0.2, 0.25) is 0 Å². The molecular formula is C20H20BrFN2O2. The minimum atomic E-state index is -0.422. The predicted molar refractivity (Wildman–Crippen MR) is 105 cm³/mol. The van der Waals surface area contributed by atoms with Gasteiger partial charge in [0.15, 0.2) is 0 Å². The maximum Gasteiger partial charge on any atom is 0.246 e. The average molecular weight is 419 g/mol. The van der Waals surface area contributed by atoms with Gasteiger partial charge in [-0.25, -0.2) is 4.39 Å². The van der Waals surface area contributed by atoms with Crippen LogP contribution >= 0.6 is 15.9 Å². The maximum absolute atomic E-state index is 13.7. The normalized spacial score (nSPS) is 10.8. The van der Waals surface area contributed by atoms with E-state index in [-0.39, 0.29) is 18.4 Å². The van der Waals surface area contributed by atoms with Gasteiger partial charge < -0.3 is 10.2 Å². The first kappa shape index (κ1) is 19.8. The fraction of sp³-hybridized carbons (Fsp3) is 0.200. The molecule has 2 aromatic carbocycles. The molecule has 0 saturated heterocycles. The van der Waals surface area contributed by atoms with Crippen molar-refractivity contribution in [2.45, 2.75) is 13.3 Å². The molecule has 0 spiro atoms. The van der Waals surface area contributed by atoms with Crippen LogP contribution in [0, 0.1) is 5.82 Å². The molecule has 0 heterocycles. The molecule has 0 bridgehead atoms. The second-order valence-electron chi connectivity index (χ2n) is 5.75. The first-order valence-corrected chi connectivity index (χ1v) is 8.96. The fourth-order valence-corrected chi connectivity index (χ4v) is 2.74. The van der Waals surface area contributed by atoms with Gasteiger partial charge in [0.25, 0.3) is 0 Å². The van der Waals surface area contributed by atoms with Crippen molar-refractivity contribution in [2.24, 2.45) is 0 Å². The SMILES string of the molecule is CCc1ccccc1NC(=O)CN(C)C(=O)/C=C/c1cc(Br)ccc1F. The average Bonchev–Trinajstić information content (AvgIpc) is 2.62. The van der Waals surface area contributed by atoms with Crippen LogP contribution in [0.1, 0.15) is 18.1 Å². The summed E-state index contributed by atoms with van der Waals surface area (Å²) in [5.74, 6) is -1.10. The summed E-state index contributed by atoms with van der Waals surface area (Å²) in [6.45, 7) is 1.91. The van der Waals surface area contributed by atoms with Crippen molar-refractivity contribution in [3.63, 3.8) is 0 Å². The quantitative estimate of drug-likeness (QED) is 0.712. The molecule has 4 nitrogen and oxygen atoms in total. The van der Waals surface area contributed by atoms with Crippen LogP contribution in [0.5, 0.6) is 0 Å². The zero-order valence-electron chi connectivity index (χ0n) is 14.6.